The fourth-order valence-electron chi connectivity index (χ4n) is 4.53. The monoisotopic (exact) mass is 679 g/mol. The molecule has 260 valence electrons. The van der Waals surface area contributed by atoms with Crippen LogP contribution in [0.4, 0.5) is 13.2 Å². The summed E-state index contributed by atoms with van der Waals surface area (Å²) in [6.07, 6.45) is 0.342. The van der Waals surface area contributed by atoms with Gasteiger partial charge in [0.25, 0.3) is 5.56 Å². The van der Waals surface area contributed by atoms with E-state index in [1.165, 1.54) is 23.2 Å². The molecule has 13 nitrogen and oxygen atoms in total. The van der Waals surface area contributed by atoms with Gasteiger partial charge in [-0.2, -0.15) is 13.2 Å². The zero-order chi connectivity index (χ0) is 35.1. The van der Waals surface area contributed by atoms with Crippen LogP contribution in [0.15, 0.2) is 26.9 Å². The molecule has 2 rings (SSSR count). The summed E-state index contributed by atoms with van der Waals surface area (Å²) in [5.74, 6) is -2.45. The van der Waals surface area contributed by atoms with Crippen LogP contribution in [-0.2, 0) is 23.4 Å². The Bertz CT molecular complexity index is 1320. The van der Waals surface area contributed by atoms with E-state index in [-0.39, 0.29) is 37.5 Å². The highest BCUT2D eigenvalue weighted by Gasteiger charge is 2.40. The fraction of sp³-hybridized carbons (Fsp3) is 0.690. The minimum absolute atomic E-state index is 0.0307. The third-order valence-electron chi connectivity index (χ3n) is 6.71. The normalized spacial score (nSPS) is 19.8. The largest absolute Gasteiger partial charge is 0.471 e. The zero-order valence-electron chi connectivity index (χ0n) is 27.8. The van der Waals surface area contributed by atoms with Gasteiger partial charge in [-0.25, -0.2) is 9.46 Å². The molecule has 1 aromatic heterocycles. The Hall–Kier alpha value is -3.07. The van der Waals surface area contributed by atoms with E-state index in [0.29, 0.717) is 38.8 Å². The highest BCUT2D eigenvalue weighted by molar-refractivity contribution is 7.45. The van der Waals surface area contributed by atoms with Crippen molar-refractivity contribution in [2.75, 3.05) is 19.6 Å². The summed E-state index contributed by atoms with van der Waals surface area (Å²) in [5.41, 5.74) is -1.39. The Balaban J connectivity index is 2.00. The molecule has 0 aliphatic carbocycles. The summed E-state index contributed by atoms with van der Waals surface area (Å²) in [4.78, 5) is 54.7. The first-order valence-corrected chi connectivity index (χ1v) is 16.3. The highest BCUT2D eigenvalue weighted by Crippen LogP contribution is 2.49. The number of H-pyrrole nitrogens is 1. The van der Waals surface area contributed by atoms with Gasteiger partial charge >= 0.3 is 26.3 Å². The van der Waals surface area contributed by atoms with Crippen molar-refractivity contribution in [1.29, 1.82) is 0 Å². The zero-order valence-corrected chi connectivity index (χ0v) is 27.7. The van der Waals surface area contributed by atoms with Gasteiger partial charge in [-0.3, -0.25) is 28.9 Å². The first-order chi connectivity index (χ1) is 22.2. The molecule has 1 aromatic rings. The predicted octanol–water partition coefficient (Wildman–Crippen LogP) is 4.01. The maximum Gasteiger partial charge on any atom is 0.471 e. The summed E-state index contributed by atoms with van der Waals surface area (Å²) < 4.78 is 66.1. The number of carbonyl (C=O) groups is 2. The van der Waals surface area contributed by atoms with E-state index in [0.717, 1.165) is 6.08 Å². The number of hydrogen-bond donors (Lipinski definition) is 3. The SMILES string of the molecule is [2H]C[C@H]1O[C@@H](n2cc(/C=C/C(=O)NCCCCCCNC(=O)C(F)(F)F)c(=O)[nH]c2=O)CC1OP(O/C=N/CC)N(C(C)C)C(C)C. The molecule has 4 atom stereocenters. The van der Waals surface area contributed by atoms with Crippen LogP contribution in [-0.4, -0.2) is 82.5 Å². The van der Waals surface area contributed by atoms with Gasteiger partial charge < -0.3 is 24.4 Å². The number of nitrogens with zero attached hydrogens (tertiary/aromatic N) is 3. The van der Waals surface area contributed by atoms with Gasteiger partial charge in [0, 0.05) is 51.8 Å². The number of alkyl halides is 3. The number of unbranched alkanes of at least 4 members (excludes halogenated alkanes) is 3. The average molecular weight is 680 g/mol. The number of amides is 2. The molecule has 2 amide bonds. The van der Waals surface area contributed by atoms with Crippen molar-refractivity contribution in [1.82, 2.24) is 24.9 Å². The number of nitrogens with one attached hydrogen (secondary N) is 3. The first-order valence-electron chi connectivity index (χ1n) is 15.9. The summed E-state index contributed by atoms with van der Waals surface area (Å²) in [5, 5.41) is 4.46. The number of hydrogen-bond acceptors (Lipinski definition) is 9. The van der Waals surface area contributed by atoms with Crippen molar-refractivity contribution >= 4 is 32.8 Å². The molecular formula is C29H46F3N6O7P. The van der Waals surface area contributed by atoms with Crippen LogP contribution in [0, 0.1) is 0 Å². The van der Waals surface area contributed by atoms with Crippen LogP contribution in [0.5, 0.6) is 0 Å². The molecule has 0 aromatic carbocycles. The van der Waals surface area contributed by atoms with Crippen LogP contribution >= 0.6 is 8.53 Å². The quantitative estimate of drug-likeness (QED) is 0.0691. The maximum atomic E-state index is 12.8. The second-order valence-corrected chi connectivity index (χ2v) is 12.4. The van der Waals surface area contributed by atoms with Crippen molar-refractivity contribution in [2.45, 2.75) is 110 Å². The van der Waals surface area contributed by atoms with Crippen LogP contribution in [0.25, 0.3) is 6.08 Å². The van der Waals surface area contributed by atoms with Crippen LogP contribution < -0.4 is 21.9 Å². The molecule has 2 unspecified atom stereocenters. The Morgan fingerprint density at radius 3 is 2.43 bits per heavy atom. The molecule has 2 heterocycles. The van der Waals surface area contributed by atoms with Gasteiger partial charge in [0.15, 0.2) is 6.40 Å². The maximum absolute atomic E-state index is 12.8. The molecule has 1 aliphatic heterocycles. The predicted molar refractivity (Wildman–Crippen MR) is 169 cm³/mol. The molecule has 0 spiro atoms. The summed E-state index contributed by atoms with van der Waals surface area (Å²) >= 11 is 0. The van der Waals surface area contributed by atoms with Crippen molar-refractivity contribution in [3.05, 3.63) is 38.7 Å². The van der Waals surface area contributed by atoms with Crippen LogP contribution in [0.2, 0.25) is 0 Å². The lowest BCUT2D eigenvalue weighted by atomic mass is 10.2. The minimum Gasteiger partial charge on any atom is -0.425 e. The molecule has 3 N–H and O–H groups in total. The van der Waals surface area contributed by atoms with E-state index in [2.05, 4.69) is 20.0 Å². The lowest BCUT2D eigenvalue weighted by molar-refractivity contribution is -0.173. The highest BCUT2D eigenvalue weighted by atomic mass is 31.2. The van der Waals surface area contributed by atoms with Gasteiger partial charge in [-0.1, -0.05) is 12.8 Å². The Kier molecular flexibility index (Phi) is 15.4. The van der Waals surface area contributed by atoms with Gasteiger partial charge in [0.2, 0.25) is 5.91 Å². The number of halogens is 3. The lowest BCUT2D eigenvalue weighted by Gasteiger charge is -2.36. The molecule has 0 radical (unpaired) electrons. The standard InChI is InChI=1S/C29H46F3N6O7P/c1-7-33-18-43-46(38(19(2)3)20(4)5)45-23-16-25(44-21(23)6)37-17-22(26(40)36-28(37)42)12-13-24(39)34-14-10-8-9-11-15-35-27(41)29(30,31)32/h12-13,17-21,23,25H,7-11,14-16H2,1-6H3,(H,34,39)(H,35,41)(H,36,40,42)/b13-12+,33-18+/t21-,23?,25-,46?/m1/s1/i6D. The number of carbonyl (C=O) groups excluding carboxylic acids is 2. The van der Waals surface area contributed by atoms with Crippen LogP contribution in [0.1, 0.15) is 86.8 Å². The van der Waals surface area contributed by atoms with Crippen molar-refractivity contribution in [3.63, 3.8) is 0 Å². The van der Waals surface area contributed by atoms with E-state index in [1.54, 1.807) is 5.32 Å². The number of rotatable bonds is 18. The number of aromatic amines is 1. The number of aliphatic imine (C=N–C) groups is 1. The second-order valence-electron chi connectivity index (χ2n) is 11.1. The molecule has 1 aliphatic rings. The first kappa shape index (κ1) is 37.4. The van der Waals surface area contributed by atoms with E-state index in [4.69, 9.17) is 15.2 Å². The molecule has 17 heteroatoms. The fourth-order valence-corrected chi connectivity index (χ4v) is 6.15. The Morgan fingerprint density at radius 2 is 1.85 bits per heavy atom. The van der Waals surface area contributed by atoms with Gasteiger partial charge in [-0.05, 0) is 60.4 Å². The van der Waals surface area contributed by atoms with E-state index < -0.39 is 56.2 Å². The third kappa shape index (κ3) is 12.6. The Morgan fingerprint density at radius 1 is 1.20 bits per heavy atom. The third-order valence-corrected chi connectivity index (χ3v) is 8.74. The van der Waals surface area contributed by atoms with E-state index in [9.17, 15) is 32.3 Å². The van der Waals surface area contributed by atoms with Gasteiger partial charge in [0.05, 0.1) is 17.8 Å². The molecular weight excluding hydrogens is 632 g/mol. The number of aromatic nitrogens is 2. The van der Waals surface area contributed by atoms with Crippen molar-refractivity contribution in [2.24, 2.45) is 4.99 Å². The smallest absolute Gasteiger partial charge is 0.425 e. The summed E-state index contributed by atoms with van der Waals surface area (Å²) in [6, 6.07) is 0.152. The molecule has 0 bridgehead atoms. The minimum atomic E-state index is -4.90. The Labute approximate surface area is 269 Å². The molecule has 46 heavy (non-hydrogen) atoms. The molecule has 1 saturated heterocycles. The molecule has 0 saturated carbocycles. The summed E-state index contributed by atoms with van der Waals surface area (Å²) in [6.45, 7) is 10.5. The topological polar surface area (TPSA) is 156 Å². The summed E-state index contributed by atoms with van der Waals surface area (Å²) in [7, 11) is -1.63. The van der Waals surface area contributed by atoms with Gasteiger partial charge in [0.1, 0.15) is 6.23 Å². The lowest BCUT2D eigenvalue weighted by Crippen LogP contribution is -2.37. The van der Waals surface area contributed by atoms with Gasteiger partial charge in [-0.15, -0.1) is 0 Å². The average Bonchev–Trinajstić information content (AvgIpc) is 3.39. The second kappa shape index (κ2) is 18.9. The number of ether oxygens (including phenoxy) is 1. The van der Waals surface area contributed by atoms with Crippen molar-refractivity contribution in [3.8, 4) is 0 Å². The van der Waals surface area contributed by atoms with E-state index in [1.807, 2.05) is 34.6 Å². The van der Waals surface area contributed by atoms with Crippen molar-refractivity contribution < 1.29 is 37.9 Å². The molecule has 1 fully saturated rings. The van der Waals surface area contributed by atoms with E-state index >= 15 is 0 Å². The van der Waals surface area contributed by atoms with Crippen LogP contribution in [0.3, 0.4) is 0 Å².